The molecule has 0 heterocycles. The summed E-state index contributed by atoms with van der Waals surface area (Å²) in [5.74, 6) is 0. The van der Waals surface area contributed by atoms with Crippen LogP contribution in [-0.4, -0.2) is 5.11 Å². The SMILES string of the molecule is OCc1ccc(CNCc2cc(Cl)cc(Cl)c2)cc1. The molecular weight excluding hydrogens is 281 g/mol. The molecule has 0 amide bonds. The molecule has 0 bridgehead atoms. The van der Waals surface area contributed by atoms with Gasteiger partial charge in [-0.15, -0.1) is 0 Å². The van der Waals surface area contributed by atoms with Crippen LogP contribution in [-0.2, 0) is 19.7 Å². The molecule has 0 radical (unpaired) electrons. The van der Waals surface area contributed by atoms with Gasteiger partial charge in [0.1, 0.15) is 0 Å². The van der Waals surface area contributed by atoms with Gasteiger partial charge in [-0.25, -0.2) is 0 Å². The number of hydrogen-bond acceptors (Lipinski definition) is 2. The zero-order valence-corrected chi connectivity index (χ0v) is 11.9. The van der Waals surface area contributed by atoms with Gasteiger partial charge >= 0.3 is 0 Å². The number of benzene rings is 2. The van der Waals surface area contributed by atoms with E-state index in [1.54, 1.807) is 6.07 Å². The molecule has 2 aromatic rings. The van der Waals surface area contributed by atoms with Crippen molar-refractivity contribution < 1.29 is 5.11 Å². The largest absolute Gasteiger partial charge is 0.392 e. The molecule has 0 unspecified atom stereocenters. The number of aliphatic hydroxyl groups excluding tert-OH is 1. The van der Waals surface area contributed by atoms with E-state index in [0.717, 1.165) is 17.7 Å². The fourth-order valence-electron chi connectivity index (χ4n) is 1.83. The molecule has 0 aromatic heterocycles. The summed E-state index contributed by atoms with van der Waals surface area (Å²) < 4.78 is 0. The lowest BCUT2D eigenvalue weighted by Crippen LogP contribution is -2.12. The van der Waals surface area contributed by atoms with Crippen LogP contribution in [0.25, 0.3) is 0 Å². The van der Waals surface area contributed by atoms with Gasteiger partial charge < -0.3 is 10.4 Å². The lowest BCUT2D eigenvalue weighted by atomic mass is 10.1. The Kier molecular flexibility index (Phi) is 5.23. The second kappa shape index (κ2) is 6.92. The van der Waals surface area contributed by atoms with Gasteiger partial charge in [-0.2, -0.15) is 0 Å². The number of aliphatic hydroxyl groups is 1. The summed E-state index contributed by atoms with van der Waals surface area (Å²) in [6.07, 6.45) is 0. The van der Waals surface area contributed by atoms with Crippen molar-refractivity contribution in [3.05, 3.63) is 69.2 Å². The first-order chi connectivity index (χ1) is 9.17. The minimum absolute atomic E-state index is 0.0781. The number of halogens is 2. The maximum atomic E-state index is 8.96. The second-order valence-electron chi connectivity index (χ2n) is 4.36. The maximum absolute atomic E-state index is 8.96. The summed E-state index contributed by atoms with van der Waals surface area (Å²) in [5, 5.41) is 13.6. The fourth-order valence-corrected chi connectivity index (χ4v) is 2.40. The normalized spacial score (nSPS) is 10.7. The Balaban J connectivity index is 1.88. The molecule has 0 saturated heterocycles. The summed E-state index contributed by atoms with van der Waals surface area (Å²) in [6.45, 7) is 1.55. The molecular formula is C15H15Cl2NO. The standard InChI is InChI=1S/C15H15Cl2NO/c16-14-5-13(6-15(17)7-14)9-18-8-11-1-3-12(10-19)4-2-11/h1-7,18-19H,8-10H2. The minimum atomic E-state index is 0.0781. The quantitative estimate of drug-likeness (QED) is 0.880. The highest BCUT2D eigenvalue weighted by molar-refractivity contribution is 6.34. The average molecular weight is 296 g/mol. The van der Waals surface area contributed by atoms with Crippen molar-refractivity contribution in [2.45, 2.75) is 19.7 Å². The third-order valence-electron chi connectivity index (χ3n) is 2.79. The van der Waals surface area contributed by atoms with Crippen molar-refractivity contribution in [2.24, 2.45) is 0 Å². The Hall–Kier alpha value is -1.06. The van der Waals surface area contributed by atoms with E-state index in [9.17, 15) is 0 Å². The molecule has 19 heavy (non-hydrogen) atoms. The van der Waals surface area contributed by atoms with E-state index in [1.807, 2.05) is 36.4 Å². The fraction of sp³-hybridized carbons (Fsp3) is 0.200. The third-order valence-corrected chi connectivity index (χ3v) is 3.22. The average Bonchev–Trinajstić information content (AvgIpc) is 2.38. The van der Waals surface area contributed by atoms with Gasteiger partial charge in [0, 0.05) is 23.1 Å². The van der Waals surface area contributed by atoms with Crippen LogP contribution in [0.5, 0.6) is 0 Å². The highest BCUT2D eigenvalue weighted by Gasteiger charge is 1.99. The Morgan fingerprint density at radius 3 is 1.89 bits per heavy atom. The molecule has 0 aliphatic carbocycles. The second-order valence-corrected chi connectivity index (χ2v) is 5.23. The van der Waals surface area contributed by atoms with Crippen LogP contribution < -0.4 is 5.32 Å². The van der Waals surface area contributed by atoms with Crippen LogP contribution in [0.15, 0.2) is 42.5 Å². The summed E-state index contributed by atoms with van der Waals surface area (Å²) in [7, 11) is 0. The van der Waals surface area contributed by atoms with E-state index in [-0.39, 0.29) is 6.61 Å². The molecule has 0 aliphatic rings. The van der Waals surface area contributed by atoms with E-state index in [2.05, 4.69) is 5.32 Å². The summed E-state index contributed by atoms with van der Waals surface area (Å²) in [5.41, 5.74) is 3.15. The lowest BCUT2D eigenvalue weighted by Gasteiger charge is -2.07. The van der Waals surface area contributed by atoms with Gasteiger partial charge in [0.15, 0.2) is 0 Å². The maximum Gasteiger partial charge on any atom is 0.0681 e. The van der Waals surface area contributed by atoms with E-state index >= 15 is 0 Å². The van der Waals surface area contributed by atoms with Crippen molar-refractivity contribution in [2.75, 3.05) is 0 Å². The summed E-state index contributed by atoms with van der Waals surface area (Å²) >= 11 is 11.9. The van der Waals surface area contributed by atoms with Crippen molar-refractivity contribution in [1.29, 1.82) is 0 Å². The number of hydrogen-bond donors (Lipinski definition) is 2. The Morgan fingerprint density at radius 2 is 1.32 bits per heavy atom. The molecule has 0 saturated carbocycles. The lowest BCUT2D eigenvalue weighted by molar-refractivity contribution is 0.282. The molecule has 0 atom stereocenters. The van der Waals surface area contributed by atoms with Crippen LogP contribution in [0.4, 0.5) is 0 Å². The smallest absolute Gasteiger partial charge is 0.0681 e. The van der Waals surface area contributed by atoms with Crippen LogP contribution >= 0.6 is 23.2 Å². The molecule has 2 rings (SSSR count). The zero-order valence-electron chi connectivity index (χ0n) is 10.4. The molecule has 2 aromatic carbocycles. The third kappa shape index (κ3) is 4.51. The van der Waals surface area contributed by atoms with E-state index < -0.39 is 0 Å². The Labute approximate surface area is 123 Å². The predicted octanol–water partition coefficient (Wildman–Crippen LogP) is 3.78. The van der Waals surface area contributed by atoms with Crippen molar-refractivity contribution in [1.82, 2.24) is 5.32 Å². The van der Waals surface area contributed by atoms with Crippen molar-refractivity contribution in [3.8, 4) is 0 Å². The molecule has 2 N–H and O–H groups in total. The highest BCUT2D eigenvalue weighted by atomic mass is 35.5. The van der Waals surface area contributed by atoms with Crippen LogP contribution in [0.3, 0.4) is 0 Å². The first-order valence-corrected chi connectivity index (χ1v) is 6.77. The first-order valence-electron chi connectivity index (χ1n) is 6.02. The van der Waals surface area contributed by atoms with Gasteiger partial charge in [0.05, 0.1) is 6.61 Å². The van der Waals surface area contributed by atoms with Gasteiger partial charge in [0.2, 0.25) is 0 Å². The van der Waals surface area contributed by atoms with Gasteiger partial charge in [0.25, 0.3) is 0 Å². The van der Waals surface area contributed by atoms with E-state index in [4.69, 9.17) is 28.3 Å². The van der Waals surface area contributed by atoms with E-state index in [1.165, 1.54) is 5.56 Å². The zero-order chi connectivity index (χ0) is 13.7. The first kappa shape index (κ1) is 14.4. The van der Waals surface area contributed by atoms with Crippen LogP contribution in [0.1, 0.15) is 16.7 Å². The number of nitrogens with one attached hydrogen (secondary N) is 1. The monoisotopic (exact) mass is 295 g/mol. The Bertz CT molecular complexity index is 520. The van der Waals surface area contributed by atoms with E-state index in [0.29, 0.717) is 16.6 Å². The minimum Gasteiger partial charge on any atom is -0.392 e. The van der Waals surface area contributed by atoms with Crippen LogP contribution in [0, 0.1) is 0 Å². The van der Waals surface area contributed by atoms with Gasteiger partial charge in [-0.05, 0) is 34.9 Å². The van der Waals surface area contributed by atoms with Crippen LogP contribution in [0.2, 0.25) is 10.0 Å². The molecule has 4 heteroatoms. The van der Waals surface area contributed by atoms with Crippen molar-refractivity contribution in [3.63, 3.8) is 0 Å². The topological polar surface area (TPSA) is 32.3 Å². The summed E-state index contributed by atoms with van der Waals surface area (Å²) in [6, 6.07) is 13.4. The van der Waals surface area contributed by atoms with Crippen molar-refractivity contribution >= 4 is 23.2 Å². The molecule has 100 valence electrons. The van der Waals surface area contributed by atoms with Gasteiger partial charge in [-0.3, -0.25) is 0 Å². The summed E-state index contributed by atoms with van der Waals surface area (Å²) in [4.78, 5) is 0. The molecule has 0 fully saturated rings. The number of rotatable bonds is 5. The molecule has 0 aliphatic heterocycles. The molecule has 0 spiro atoms. The van der Waals surface area contributed by atoms with Gasteiger partial charge in [-0.1, -0.05) is 47.5 Å². The molecule has 2 nitrogen and oxygen atoms in total. The highest BCUT2D eigenvalue weighted by Crippen LogP contribution is 2.18. The predicted molar refractivity (Wildman–Crippen MR) is 79.4 cm³/mol. The Morgan fingerprint density at radius 1 is 0.789 bits per heavy atom.